The van der Waals surface area contributed by atoms with E-state index in [0.29, 0.717) is 12.1 Å². The summed E-state index contributed by atoms with van der Waals surface area (Å²) in [6, 6.07) is 0.244. The van der Waals surface area contributed by atoms with Gasteiger partial charge in [-0.15, -0.1) is 12.4 Å². The normalized spacial score (nSPS) is 29.1. The van der Waals surface area contributed by atoms with E-state index < -0.39 is 0 Å². The van der Waals surface area contributed by atoms with Gasteiger partial charge < -0.3 is 15.4 Å². The van der Waals surface area contributed by atoms with Crippen LogP contribution >= 0.6 is 12.4 Å². The molecule has 2 N–H and O–H groups in total. The quantitative estimate of drug-likeness (QED) is 0.842. The van der Waals surface area contributed by atoms with Crippen LogP contribution in [0.25, 0.3) is 0 Å². The molecule has 0 radical (unpaired) electrons. The zero-order chi connectivity index (χ0) is 15.6. The molecule has 0 aromatic heterocycles. The smallest absolute Gasteiger partial charge is 0.226 e. The summed E-state index contributed by atoms with van der Waals surface area (Å²) in [7, 11) is 1.96. The third kappa shape index (κ3) is 3.44. The number of rotatable bonds is 5. The van der Waals surface area contributed by atoms with Crippen molar-refractivity contribution in [2.75, 3.05) is 13.7 Å². The van der Waals surface area contributed by atoms with Crippen LogP contribution in [-0.2, 0) is 9.53 Å². The van der Waals surface area contributed by atoms with Crippen molar-refractivity contribution in [3.63, 3.8) is 0 Å². The fourth-order valence-electron chi connectivity index (χ4n) is 4.27. The van der Waals surface area contributed by atoms with Crippen LogP contribution in [-0.4, -0.2) is 42.6 Å². The first-order valence-electron chi connectivity index (χ1n) is 8.58. The number of carbonyl (C=O) groups is 1. The van der Waals surface area contributed by atoms with E-state index in [0.717, 1.165) is 13.0 Å². The van der Waals surface area contributed by atoms with Crippen LogP contribution in [0.1, 0.15) is 59.3 Å². The Labute approximate surface area is 141 Å². The van der Waals surface area contributed by atoms with Gasteiger partial charge in [-0.05, 0) is 33.1 Å². The van der Waals surface area contributed by atoms with Gasteiger partial charge in [0.15, 0.2) is 0 Å². The molecular weight excluding hydrogens is 300 g/mol. The van der Waals surface area contributed by atoms with Gasteiger partial charge in [0, 0.05) is 31.2 Å². The van der Waals surface area contributed by atoms with Gasteiger partial charge in [0.2, 0.25) is 5.91 Å². The first-order valence-corrected chi connectivity index (χ1v) is 8.58. The molecule has 130 valence electrons. The summed E-state index contributed by atoms with van der Waals surface area (Å²) in [6.07, 6.45) is 7.59. The highest BCUT2D eigenvalue weighted by Crippen LogP contribution is 2.55. The van der Waals surface area contributed by atoms with Crippen LogP contribution in [0, 0.1) is 11.3 Å². The van der Waals surface area contributed by atoms with Crippen molar-refractivity contribution >= 4 is 18.3 Å². The molecule has 4 unspecified atom stereocenters. The fourth-order valence-corrected chi connectivity index (χ4v) is 4.27. The van der Waals surface area contributed by atoms with Crippen LogP contribution in [0.5, 0.6) is 0 Å². The highest BCUT2D eigenvalue weighted by Gasteiger charge is 2.58. The summed E-state index contributed by atoms with van der Waals surface area (Å²) in [5, 5.41) is 0. The van der Waals surface area contributed by atoms with E-state index in [-0.39, 0.29) is 35.7 Å². The lowest BCUT2D eigenvalue weighted by atomic mass is 9.54. The number of hydrogen-bond acceptors (Lipinski definition) is 3. The number of halogens is 1. The Hall–Kier alpha value is -0.320. The van der Waals surface area contributed by atoms with E-state index in [9.17, 15) is 4.79 Å². The summed E-state index contributed by atoms with van der Waals surface area (Å²) >= 11 is 0. The molecule has 2 aliphatic rings. The molecular formula is C17H33ClN2O2. The second-order valence-electron chi connectivity index (χ2n) is 7.09. The maximum absolute atomic E-state index is 12.6. The van der Waals surface area contributed by atoms with Gasteiger partial charge in [0.25, 0.3) is 0 Å². The van der Waals surface area contributed by atoms with Crippen LogP contribution in [0.2, 0.25) is 0 Å². The first-order chi connectivity index (χ1) is 9.94. The molecule has 4 nitrogen and oxygen atoms in total. The summed E-state index contributed by atoms with van der Waals surface area (Å²) in [6.45, 7) is 6.69. The van der Waals surface area contributed by atoms with Gasteiger partial charge >= 0.3 is 0 Å². The number of hydrogen-bond donors (Lipinski definition) is 1. The number of nitrogens with two attached hydrogens (primary N) is 1. The molecule has 22 heavy (non-hydrogen) atoms. The van der Waals surface area contributed by atoms with Gasteiger partial charge in [-0.1, -0.05) is 26.2 Å². The molecule has 2 rings (SSSR count). The number of ether oxygens (including phenoxy) is 1. The molecule has 4 atom stereocenters. The molecule has 0 saturated heterocycles. The zero-order valence-corrected chi connectivity index (χ0v) is 15.3. The monoisotopic (exact) mass is 332 g/mol. The lowest BCUT2D eigenvalue weighted by molar-refractivity contribution is -0.186. The van der Waals surface area contributed by atoms with Crippen molar-refractivity contribution in [1.82, 2.24) is 4.90 Å². The third-order valence-electron chi connectivity index (χ3n) is 5.89. The van der Waals surface area contributed by atoms with Crippen molar-refractivity contribution in [2.45, 2.75) is 77.5 Å². The molecule has 0 aliphatic heterocycles. The predicted octanol–water partition coefficient (Wildman–Crippen LogP) is 2.98. The van der Waals surface area contributed by atoms with Crippen molar-refractivity contribution in [1.29, 1.82) is 0 Å². The highest BCUT2D eigenvalue weighted by atomic mass is 35.5. The maximum atomic E-state index is 12.6. The minimum atomic E-state index is -0.109. The first kappa shape index (κ1) is 19.7. The predicted molar refractivity (Wildman–Crippen MR) is 92.2 cm³/mol. The Morgan fingerprint density at radius 2 is 1.91 bits per heavy atom. The number of amides is 1. The molecule has 2 fully saturated rings. The van der Waals surface area contributed by atoms with Gasteiger partial charge in [0.05, 0.1) is 12.0 Å². The van der Waals surface area contributed by atoms with E-state index in [1.165, 1.54) is 32.1 Å². The Morgan fingerprint density at radius 3 is 2.41 bits per heavy atom. The van der Waals surface area contributed by atoms with Crippen LogP contribution in [0.15, 0.2) is 0 Å². The Balaban J connectivity index is 0.00000242. The second-order valence-corrected chi connectivity index (χ2v) is 7.09. The van der Waals surface area contributed by atoms with Gasteiger partial charge in [-0.3, -0.25) is 4.79 Å². The molecule has 5 heteroatoms. The minimum absolute atomic E-state index is 0. The fraction of sp³-hybridized carbons (Fsp3) is 0.941. The molecule has 1 amide bonds. The van der Waals surface area contributed by atoms with E-state index >= 15 is 0 Å². The van der Waals surface area contributed by atoms with E-state index in [2.05, 4.69) is 6.92 Å². The van der Waals surface area contributed by atoms with E-state index in [1.54, 1.807) is 0 Å². The van der Waals surface area contributed by atoms with Gasteiger partial charge in [-0.2, -0.15) is 0 Å². The van der Waals surface area contributed by atoms with Crippen LogP contribution in [0.3, 0.4) is 0 Å². The lowest BCUT2D eigenvalue weighted by Gasteiger charge is -2.60. The standard InChI is InChI=1S/C17H32N2O2.ClH/c1-5-21-15-11-14(17(15)9-7-6-8-10-17)19(4)16(20)12(2)13(3)18;/h12-15H,5-11,18H2,1-4H3;1H. The summed E-state index contributed by atoms with van der Waals surface area (Å²) in [5.74, 6) is 0.0803. The summed E-state index contributed by atoms with van der Waals surface area (Å²) in [4.78, 5) is 14.6. The van der Waals surface area contributed by atoms with Crippen molar-refractivity contribution in [3.05, 3.63) is 0 Å². The van der Waals surface area contributed by atoms with E-state index in [4.69, 9.17) is 10.5 Å². The highest BCUT2D eigenvalue weighted by molar-refractivity contribution is 5.85. The van der Waals surface area contributed by atoms with E-state index in [1.807, 2.05) is 25.8 Å². The van der Waals surface area contributed by atoms with Gasteiger partial charge in [-0.25, -0.2) is 0 Å². The molecule has 0 heterocycles. The SMILES string of the molecule is CCOC1CC(N(C)C(=O)C(C)C(C)N)C12CCCCC2.Cl. The minimum Gasteiger partial charge on any atom is -0.378 e. The Kier molecular flexibility index (Phi) is 7.16. The average Bonchev–Trinajstić information content (AvgIpc) is 2.49. The number of carbonyl (C=O) groups excluding carboxylic acids is 1. The topological polar surface area (TPSA) is 55.6 Å². The second kappa shape index (κ2) is 7.98. The largest absolute Gasteiger partial charge is 0.378 e. The summed E-state index contributed by atoms with van der Waals surface area (Å²) < 4.78 is 5.98. The lowest BCUT2D eigenvalue weighted by Crippen LogP contribution is -2.66. The van der Waals surface area contributed by atoms with Crippen molar-refractivity contribution in [3.8, 4) is 0 Å². The molecule has 0 aromatic carbocycles. The zero-order valence-electron chi connectivity index (χ0n) is 14.5. The number of nitrogens with zero attached hydrogens (tertiary/aromatic N) is 1. The molecule has 2 saturated carbocycles. The van der Waals surface area contributed by atoms with Crippen LogP contribution in [0.4, 0.5) is 0 Å². The third-order valence-corrected chi connectivity index (χ3v) is 5.89. The van der Waals surface area contributed by atoms with Crippen molar-refractivity contribution < 1.29 is 9.53 Å². The molecule has 0 bridgehead atoms. The van der Waals surface area contributed by atoms with Crippen molar-refractivity contribution in [2.24, 2.45) is 17.1 Å². The Bertz CT molecular complexity index is 370. The average molecular weight is 333 g/mol. The molecule has 2 aliphatic carbocycles. The van der Waals surface area contributed by atoms with Crippen LogP contribution < -0.4 is 5.73 Å². The molecule has 0 aromatic rings. The molecule has 1 spiro atoms. The maximum Gasteiger partial charge on any atom is 0.226 e. The van der Waals surface area contributed by atoms with Gasteiger partial charge in [0.1, 0.15) is 0 Å². The summed E-state index contributed by atoms with van der Waals surface area (Å²) in [5.41, 5.74) is 6.11. The Morgan fingerprint density at radius 1 is 1.32 bits per heavy atom.